The molecular formula is C58H65NO3Si. The van der Waals surface area contributed by atoms with Crippen molar-refractivity contribution < 1.29 is 14.6 Å². The third-order valence-corrected chi connectivity index (χ3v) is 18.2. The Morgan fingerprint density at radius 2 is 0.968 bits per heavy atom. The first-order valence-corrected chi connectivity index (χ1v) is 26.5. The zero-order chi connectivity index (χ0) is 43.6. The van der Waals surface area contributed by atoms with Crippen LogP contribution in [0.5, 0.6) is 5.75 Å². The summed E-state index contributed by atoms with van der Waals surface area (Å²) in [6, 6.07) is 51.5. The Kier molecular flexibility index (Phi) is 14.6. The molecule has 1 N–H and O–H groups in total. The van der Waals surface area contributed by atoms with Gasteiger partial charge in [0.15, 0.2) is 0 Å². The number of rotatable bonds is 21. The first kappa shape index (κ1) is 44.1. The highest BCUT2D eigenvalue weighted by molar-refractivity contribution is 7.04. The summed E-state index contributed by atoms with van der Waals surface area (Å²) >= 11 is 0. The number of hydrogen-bond donors (Lipinski definition) is 1. The standard InChI is InChI=1S/C58H65NO3Si/c1-4-5-6-7-12-15-40-63(3)55-41-50(48-24-20-45(21-25-48)44-18-16-43(2)17-19-44)30-34-53(55)54-35-31-51(42-56(54)63)49-26-22-46(23-27-49)47-28-32-52(33-29-47)62-39-14-11-9-8-10-13-38-59-57(60)36-37-58(59)61/h16-37,41-42,57,60H,4-15,38-40H2,1-3H3. The Labute approximate surface area is 377 Å². The minimum Gasteiger partial charge on any atom is -0.494 e. The van der Waals surface area contributed by atoms with Gasteiger partial charge >= 0.3 is 0 Å². The van der Waals surface area contributed by atoms with Crippen LogP contribution >= 0.6 is 0 Å². The topological polar surface area (TPSA) is 49.8 Å². The number of ether oxygens (including phenoxy) is 1. The second-order valence-electron chi connectivity index (χ2n) is 18.2. The lowest BCUT2D eigenvalue weighted by molar-refractivity contribution is -0.130. The molecule has 2 aliphatic rings. The van der Waals surface area contributed by atoms with Gasteiger partial charge in [0.1, 0.15) is 20.1 Å². The largest absolute Gasteiger partial charge is 0.494 e. The van der Waals surface area contributed by atoms with Crippen LogP contribution in [0.15, 0.2) is 146 Å². The van der Waals surface area contributed by atoms with Crippen LogP contribution in [-0.4, -0.2) is 43.4 Å². The first-order chi connectivity index (χ1) is 30.8. The minimum absolute atomic E-state index is 0.0855. The average molecular weight is 852 g/mol. The summed E-state index contributed by atoms with van der Waals surface area (Å²) in [5.74, 6) is 0.825. The van der Waals surface area contributed by atoms with Crippen LogP contribution in [0.25, 0.3) is 55.6 Å². The summed E-state index contributed by atoms with van der Waals surface area (Å²) in [5, 5.41) is 13.0. The van der Waals surface area contributed by atoms with Gasteiger partial charge in [-0.05, 0) is 110 Å². The second-order valence-corrected chi connectivity index (χ2v) is 22.4. The van der Waals surface area contributed by atoms with E-state index in [2.05, 4.69) is 154 Å². The van der Waals surface area contributed by atoms with Crippen molar-refractivity contribution >= 4 is 24.4 Å². The maximum atomic E-state index is 11.7. The lowest BCUT2D eigenvalue weighted by Gasteiger charge is -2.26. The number of carbonyl (C=O) groups excluding carboxylic acids is 1. The molecule has 4 nitrogen and oxygen atoms in total. The van der Waals surface area contributed by atoms with Gasteiger partial charge in [0.05, 0.1) is 6.61 Å². The summed E-state index contributed by atoms with van der Waals surface area (Å²) in [6.45, 7) is 8.42. The summed E-state index contributed by atoms with van der Waals surface area (Å²) in [5.41, 5.74) is 14.3. The van der Waals surface area contributed by atoms with Crippen LogP contribution in [0, 0.1) is 6.92 Å². The Morgan fingerprint density at radius 3 is 1.48 bits per heavy atom. The molecule has 5 heteroatoms. The Balaban J connectivity index is 0.899. The third kappa shape index (κ3) is 10.5. The van der Waals surface area contributed by atoms with Crippen molar-refractivity contribution in [2.24, 2.45) is 0 Å². The van der Waals surface area contributed by atoms with Crippen LogP contribution in [0.3, 0.4) is 0 Å². The molecular weight excluding hydrogens is 787 g/mol. The molecule has 0 radical (unpaired) electrons. The number of amides is 1. The predicted molar refractivity (Wildman–Crippen MR) is 267 cm³/mol. The van der Waals surface area contributed by atoms with E-state index < -0.39 is 14.3 Å². The van der Waals surface area contributed by atoms with Gasteiger partial charge in [-0.15, -0.1) is 0 Å². The lowest BCUT2D eigenvalue weighted by Crippen LogP contribution is -2.52. The lowest BCUT2D eigenvalue weighted by atomic mass is 9.96. The number of carbonyl (C=O) groups is 1. The molecule has 6 aromatic carbocycles. The molecule has 324 valence electrons. The van der Waals surface area contributed by atoms with Crippen molar-refractivity contribution in [3.8, 4) is 61.4 Å². The maximum Gasteiger partial charge on any atom is 0.248 e. The highest BCUT2D eigenvalue weighted by Crippen LogP contribution is 2.37. The fourth-order valence-corrected chi connectivity index (χ4v) is 14.1. The number of aryl methyl sites for hydroxylation is 1. The van der Waals surface area contributed by atoms with E-state index >= 15 is 0 Å². The van der Waals surface area contributed by atoms with Crippen LogP contribution < -0.4 is 15.1 Å². The molecule has 8 rings (SSSR count). The summed E-state index contributed by atoms with van der Waals surface area (Å²) in [6.07, 6.45) is 16.6. The van der Waals surface area contributed by atoms with Crippen molar-refractivity contribution in [3.63, 3.8) is 0 Å². The number of aliphatic hydroxyl groups excluding tert-OH is 1. The van der Waals surface area contributed by atoms with E-state index in [1.165, 1.54) is 117 Å². The zero-order valence-corrected chi connectivity index (χ0v) is 38.8. The van der Waals surface area contributed by atoms with Crippen molar-refractivity contribution in [1.82, 2.24) is 4.90 Å². The van der Waals surface area contributed by atoms with Crippen molar-refractivity contribution in [2.75, 3.05) is 13.2 Å². The summed E-state index contributed by atoms with van der Waals surface area (Å²) < 4.78 is 6.09. The van der Waals surface area contributed by atoms with E-state index in [1.807, 2.05) is 0 Å². The molecule has 63 heavy (non-hydrogen) atoms. The van der Waals surface area contributed by atoms with Gasteiger partial charge in [0.2, 0.25) is 5.91 Å². The van der Waals surface area contributed by atoms with E-state index in [0.717, 1.165) is 44.3 Å². The van der Waals surface area contributed by atoms with Gasteiger partial charge in [-0.3, -0.25) is 4.79 Å². The first-order valence-electron chi connectivity index (χ1n) is 23.8. The van der Waals surface area contributed by atoms with Gasteiger partial charge in [-0.2, -0.15) is 0 Å². The van der Waals surface area contributed by atoms with E-state index in [1.54, 1.807) is 16.4 Å². The number of unbranched alkanes of at least 4 members (excludes halogenated alkanes) is 10. The van der Waals surface area contributed by atoms with Gasteiger partial charge in [-0.25, -0.2) is 0 Å². The Bertz CT molecular complexity index is 2470. The highest BCUT2D eigenvalue weighted by Gasteiger charge is 2.41. The molecule has 1 amide bonds. The Hall–Kier alpha value is -5.49. The molecule has 6 aromatic rings. The highest BCUT2D eigenvalue weighted by atomic mass is 28.3. The molecule has 0 saturated heterocycles. The van der Waals surface area contributed by atoms with Gasteiger partial charge in [-0.1, -0.05) is 205 Å². The van der Waals surface area contributed by atoms with E-state index in [0.29, 0.717) is 13.2 Å². The van der Waals surface area contributed by atoms with Crippen LogP contribution in [-0.2, 0) is 4.79 Å². The van der Waals surface area contributed by atoms with Crippen molar-refractivity contribution in [1.29, 1.82) is 0 Å². The molecule has 0 spiro atoms. The van der Waals surface area contributed by atoms with Crippen molar-refractivity contribution in [2.45, 2.75) is 110 Å². The van der Waals surface area contributed by atoms with Crippen LogP contribution in [0.4, 0.5) is 0 Å². The SMILES string of the molecule is CCCCCCCC[Si]1(C)c2cc(-c3ccc(-c4ccc(C)cc4)cc3)ccc2-c2ccc(-c3ccc(-c4ccc(OCCCCCCCCN5C(=O)C=CC5O)cc4)cc3)cc21. The molecule has 2 aliphatic heterocycles. The molecule has 2 atom stereocenters. The predicted octanol–water partition coefficient (Wildman–Crippen LogP) is 13.6. The number of hydrogen-bond acceptors (Lipinski definition) is 3. The molecule has 0 fully saturated rings. The molecule has 0 bridgehead atoms. The smallest absolute Gasteiger partial charge is 0.248 e. The normalized spacial score (nSPS) is 16.4. The van der Waals surface area contributed by atoms with Gasteiger partial charge < -0.3 is 14.7 Å². The summed E-state index contributed by atoms with van der Waals surface area (Å²) in [7, 11) is -2.02. The van der Waals surface area contributed by atoms with Gasteiger partial charge in [0.25, 0.3) is 0 Å². The monoisotopic (exact) mass is 851 g/mol. The van der Waals surface area contributed by atoms with Crippen LogP contribution in [0.1, 0.15) is 89.5 Å². The third-order valence-electron chi connectivity index (χ3n) is 13.6. The summed E-state index contributed by atoms with van der Waals surface area (Å²) in [4.78, 5) is 13.3. The number of fused-ring (bicyclic) bond motifs is 3. The van der Waals surface area contributed by atoms with E-state index in [-0.39, 0.29) is 5.91 Å². The molecule has 2 heterocycles. The van der Waals surface area contributed by atoms with E-state index in [9.17, 15) is 9.90 Å². The number of aliphatic hydroxyl groups is 1. The van der Waals surface area contributed by atoms with Crippen LogP contribution in [0.2, 0.25) is 12.6 Å². The Morgan fingerprint density at radius 1 is 0.540 bits per heavy atom. The number of nitrogens with zero attached hydrogens (tertiary/aromatic N) is 1. The maximum absolute atomic E-state index is 11.7. The average Bonchev–Trinajstić information content (AvgIpc) is 3.77. The quantitative estimate of drug-likeness (QED) is 0.0580. The van der Waals surface area contributed by atoms with E-state index in [4.69, 9.17) is 4.74 Å². The molecule has 2 unspecified atom stereocenters. The van der Waals surface area contributed by atoms with Gasteiger partial charge in [0, 0.05) is 12.6 Å². The fraction of sp³-hybridized carbons (Fsp3) is 0.328. The molecule has 0 aliphatic carbocycles. The fourth-order valence-electron chi connectivity index (χ4n) is 9.73. The number of benzene rings is 6. The molecule has 0 aromatic heterocycles. The van der Waals surface area contributed by atoms with Crippen molar-refractivity contribution in [3.05, 3.63) is 151 Å². The zero-order valence-electron chi connectivity index (χ0n) is 37.8. The second kappa shape index (κ2) is 20.8. The minimum atomic E-state index is -2.02. The molecule has 0 saturated carbocycles.